The standard InChI is InChI=1S/C31H37F3N2O6S/c1-17-7-11-22(12-8-17)42-25-16-24(26(41-3)13-18(25)2)29(37)36-28-20-10-9-19(14-20)27(28)30(38)35-21-5-4-6-23(15-21)43(39,40)31(32,33)34/h4-6,13,15-17,19-20,22,27-28H,7-12,14H2,1-3H3,(H,35,38)(H,36,37)/t17?,19-,20+,22?,27+,28-/m1/s1. The first-order valence-corrected chi connectivity index (χ1v) is 16.1. The van der Waals surface area contributed by atoms with Crippen LogP contribution >= 0.6 is 0 Å². The maximum Gasteiger partial charge on any atom is 0.501 e. The van der Waals surface area contributed by atoms with Crippen LogP contribution in [0.2, 0.25) is 0 Å². The van der Waals surface area contributed by atoms with Gasteiger partial charge in [0.2, 0.25) is 5.91 Å². The van der Waals surface area contributed by atoms with E-state index >= 15 is 0 Å². The van der Waals surface area contributed by atoms with Crippen molar-refractivity contribution in [2.45, 2.75) is 81.3 Å². The third-order valence-corrected chi connectivity index (χ3v) is 10.7. The predicted octanol–water partition coefficient (Wildman–Crippen LogP) is 6.04. The van der Waals surface area contributed by atoms with Gasteiger partial charge in [-0.15, -0.1) is 0 Å². The minimum atomic E-state index is -5.58. The summed E-state index contributed by atoms with van der Waals surface area (Å²) >= 11 is 0. The molecule has 0 spiro atoms. The lowest BCUT2D eigenvalue weighted by molar-refractivity contribution is -0.122. The summed E-state index contributed by atoms with van der Waals surface area (Å²) in [5, 5.41) is 5.65. The lowest BCUT2D eigenvalue weighted by Crippen LogP contribution is -2.48. The summed E-state index contributed by atoms with van der Waals surface area (Å²) in [6.07, 6.45) is 6.48. The number of nitrogens with one attached hydrogen (secondary N) is 2. The smallest absolute Gasteiger partial charge is 0.496 e. The molecule has 0 aliphatic heterocycles. The van der Waals surface area contributed by atoms with Crippen molar-refractivity contribution in [1.82, 2.24) is 5.32 Å². The number of hydrogen-bond acceptors (Lipinski definition) is 6. The quantitative estimate of drug-likeness (QED) is 0.372. The van der Waals surface area contributed by atoms with Crippen LogP contribution < -0.4 is 20.1 Å². The highest BCUT2D eigenvalue weighted by atomic mass is 32.2. The van der Waals surface area contributed by atoms with Crippen molar-refractivity contribution in [1.29, 1.82) is 0 Å². The molecule has 12 heteroatoms. The van der Waals surface area contributed by atoms with Crippen molar-refractivity contribution in [3.8, 4) is 11.5 Å². The van der Waals surface area contributed by atoms with Crippen molar-refractivity contribution in [3.05, 3.63) is 47.5 Å². The Kier molecular flexibility index (Phi) is 8.70. The van der Waals surface area contributed by atoms with Gasteiger partial charge in [0.1, 0.15) is 11.5 Å². The van der Waals surface area contributed by atoms with Gasteiger partial charge in [0, 0.05) is 11.7 Å². The molecule has 3 fully saturated rings. The maximum atomic E-state index is 13.7. The van der Waals surface area contributed by atoms with E-state index in [9.17, 15) is 31.2 Å². The van der Waals surface area contributed by atoms with E-state index in [1.54, 1.807) is 12.1 Å². The molecule has 2 bridgehead atoms. The SMILES string of the molecule is COc1cc(C)c(OC2CCC(C)CC2)cc1C(=O)N[C@@H]1[C@H]2CC[C@H](C2)[C@@H]1C(=O)Nc1cccc(S(=O)(=O)C(F)(F)F)c1. The number of hydrogen-bond donors (Lipinski definition) is 2. The molecule has 5 rings (SSSR count). The summed E-state index contributed by atoms with van der Waals surface area (Å²) in [7, 11) is -4.09. The molecular weight excluding hydrogens is 585 g/mol. The Morgan fingerprint density at radius 1 is 0.953 bits per heavy atom. The van der Waals surface area contributed by atoms with E-state index in [0.717, 1.165) is 68.7 Å². The van der Waals surface area contributed by atoms with E-state index in [2.05, 4.69) is 17.6 Å². The first kappa shape index (κ1) is 31.2. The van der Waals surface area contributed by atoms with Crippen LogP contribution in [0, 0.1) is 30.6 Å². The largest absolute Gasteiger partial charge is 0.501 e. The highest BCUT2D eigenvalue weighted by molar-refractivity contribution is 7.92. The summed E-state index contributed by atoms with van der Waals surface area (Å²) in [6.45, 7) is 4.13. The second-order valence-corrected chi connectivity index (χ2v) is 14.1. The van der Waals surface area contributed by atoms with Gasteiger partial charge < -0.3 is 20.1 Å². The van der Waals surface area contributed by atoms with Gasteiger partial charge in [0.25, 0.3) is 15.7 Å². The van der Waals surface area contributed by atoms with Crippen molar-refractivity contribution < 1.29 is 40.7 Å². The molecule has 0 unspecified atom stereocenters. The topological polar surface area (TPSA) is 111 Å². The number of rotatable bonds is 8. The van der Waals surface area contributed by atoms with E-state index in [0.29, 0.717) is 23.0 Å². The number of amides is 2. The first-order valence-electron chi connectivity index (χ1n) is 14.7. The molecule has 3 aliphatic rings. The zero-order valence-electron chi connectivity index (χ0n) is 24.4. The summed E-state index contributed by atoms with van der Waals surface area (Å²) < 4.78 is 74.8. The fourth-order valence-electron chi connectivity index (χ4n) is 6.87. The van der Waals surface area contributed by atoms with Crippen molar-refractivity contribution >= 4 is 27.3 Å². The molecule has 3 saturated carbocycles. The number of ether oxygens (including phenoxy) is 2. The van der Waals surface area contributed by atoms with Gasteiger partial charge in [0.05, 0.1) is 29.6 Å². The van der Waals surface area contributed by atoms with Crippen LogP contribution in [0.25, 0.3) is 0 Å². The number of halogens is 3. The number of methoxy groups -OCH3 is 1. The van der Waals surface area contributed by atoms with Gasteiger partial charge in [-0.2, -0.15) is 13.2 Å². The highest BCUT2D eigenvalue weighted by Gasteiger charge is 2.52. The van der Waals surface area contributed by atoms with Crippen LogP contribution in [0.3, 0.4) is 0 Å². The molecule has 2 amide bonds. The fraction of sp³-hybridized carbons (Fsp3) is 0.548. The molecule has 2 aromatic rings. The van der Waals surface area contributed by atoms with E-state index in [4.69, 9.17) is 9.47 Å². The van der Waals surface area contributed by atoms with Crippen molar-refractivity contribution in [2.75, 3.05) is 12.4 Å². The molecule has 0 heterocycles. The van der Waals surface area contributed by atoms with Crippen LogP contribution in [-0.4, -0.2) is 45.0 Å². The number of aryl methyl sites for hydroxylation is 1. The van der Waals surface area contributed by atoms with Gasteiger partial charge >= 0.3 is 5.51 Å². The van der Waals surface area contributed by atoms with E-state index in [1.165, 1.54) is 13.2 Å². The summed E-state index contributed by atoms with van der Waals surface area (Å²) in [5.41, 5.74) is -4.40. The van der Waals surface area contributed by atoms with Gasteiger partial charge in [-0.25, -0.2) is 8.42 Å². The Balaban J connectivity index is 1.34. The van der Waals surface area contributed by atoms with Crippen molar-refractivity contribution in [3.63, 3.8) is 0 Å². The first-order chi connectivity index (χ1) is 20.3. The minimum absolute atomic E-state index is 0.0232. The number of benzene rings is 2. The second-order valence-electron chi connectivity index (χ2n) is 12.1. The minimum Gasteiger partial charge on any atom is -0.496 e. The third kappa shape index (κ3) is 6.34. The highest BCUT2D eigenvalue weighted by Crippen LogP contribution is 2.49. The van der Waals surface area contributed by atoms with E-state index < -0.39 is 44.0 Å². The fourth-order valence-corrected chi connectivity index (χ4v) is 7.67. The number of sulfone groups is 1. The Morgan fingerprint density at radius 2 is 1.65 bits per heavy atom. The molecule has 0 saturated heterocycles. The summed E-state index contributed by atoms with van der Waals surface area (Å²) in [6, 6.07) is 7.06. The number of carbonyl (C=O) groups excluding carboxylic acids is 2. The molecule has 0 radical (unpaired) electrons. The molecule has 8 nitrogen and oxygen atoms in total. The monoisotopic (exact) mass is 622 g/mol. The zero-order valence-corrected chi connectivity index (χ0v) is 25.2. The van der Waals surface area contributed by atoms with Gasteiger partial charge in [-0.3, -0.25) is 9.59 Å². The van der Waals surface area contributed by atoms with E-state index in [1.807, 2.05) is 6.92 Å². The molecule has 2 aromatic carbocycles. The van der Waals surface area contributed by atoms with Crippen molar-refractivity contribution in [2.24, 2.45) is 23.7 Å². The average molecular weight is 623 g/mol. The normalized spacial score (nSPS) is 27.0. The summed E-state index contributed by atoms with van der Waals surface area (Å²) in [5.74, 6) is 0.165. The molecule has 0 aromatic heterocycles. The molecule has 4 atom stereocenters. The number of fused-ring (bicyclic) bond motifs is 2. The predicted molar refractivity (Wildman–Crippen MR) is 154 cm³/mol. The lowest BCUT2D eigenvalue weighted by atomic mass is 9.83. The van der Waals surface area contributed by atoms with Crippen LogP contribution in [0.5, 0.6) is 11.5 Å². The summed E-state index contributed by atoms with van der Waals surface area (Å²) in [4.78, 5) is 26.2. The average Bonchev–Trinajstić information content (AvgIpc) is 3.56. The molecular formula is C31H37F3N2O6S. The number of alkyl halides is 3. The van der Waals surface area contributed by atoms with Gasteiger partial charge in [0.15, 0.2) is 0 Å². The Morgan fingerprint density at radius 3 is 2.33 bits per heavy atom. The van der Waals surface area contributed by atoms with Crippen LogP contribution in [0.4, 0.5) is 18.9 Å². The van der Waals surface area contributed by atoms with Crippen LogP contribution in [0.15, 0.2) is 41.3 Å². The number of carbonyl (C=O) groups is 2. The number of anilines is 1. The Bertz CT molecular complexity index is 1490. The Labute approximate surface area is 249 Å². The molecule has 43 heavy (non-hydrogen) atoms. The molecule has 2 N–H and O–H groups in total. The molecule has 234 valence electrons. The maximum absolute atomic E-state index is 13.7. The van der Waals surface area contributed by atoms with Crippen LogP contribution in [-0.2, 0) is 14.6 Å². The molecule has 3 aliphatic carbocycles. The zero-order chi connectivity index (χ0) is 31.1. The van der Waals surface area contributed by atoms with Gasteiger partial charge in [-0.1, -0.05) is 13.0 Å². The third-order valence-electron chi connectivity index (χ3n) is 9.23. The van der Waals surface area contributed by atoms with E-state index in [-0.39, 0.29) is 23.6 Å². The Hall–Kier alpha value is -3.28. The lowest BCUT2D eigenvalue weighted by Gasteiger charge is -2.31. The second kappa shape index (κ2) is 12.0. The van der Waals surface area contributed by atoms with Crippen LogP contribution in [0.1, 0.15) is 67.8 Å². The van der Waals surface area contributed by atoms with Gasteiger partial charge in [-0.05, 0) is 106 Å².